The highest BCUT2D eigenvalue weighted by molar-refractivity contribution is 9.10. The van der Waals surface area contributed by atoms with E-state index in [0.717, 1.165) is 23.0 Å². The van der Waals surface area contributed by atoms with E-state index in [1.165, 1.54) is 0 Å². The number of fused-ring (bicyclic) bond motifs is 1. The van der Waals surface area contributed by atoms with E-state index in [1.54, 1.807) is 24.5 Å². The molecule has 2 N–H and O–H groups in total. The van der Waals surface area contributed by atoms with Crippen molar-refractivity contribution in [1.29, 1.82) is 0 Å². The first-order valence-electron chi connectivity index (χ1n) is 9.81. The molecule has 0 unspecified atom stereocenters. The summed E-state index contributed by atoms with van der Waals surface area (Å²) in [5, 5.41) is 4.01. The molecular weight excluding hydrogens is 505 g/mol. The zero-order chi connectivity index (χ0) is 22.1. The highest BCUT2D eigenvalue weighted by Gasteiger charge is 2.24. The molecule has 1 aliphatic carbocycles. The SMILES string of the molecule is CN(C)Cc1cnc2c(Cl)c(Nc3ccc(Br)cc3Cl)c(C(=O)NOCC3CC3)cn12. The molecule has 3 aromatic rings. The minimum absolute atomic E-state index is 0.318. The van der Waals surface area contributed by atoms with Crippen molar-refractivity contribution in [2.45, 2.75) is 19.4 Å². The topological polar surface area (TPSA) is 70.9 Å². The lowest BCUT2D eigenvalue weighted by atomic mass is 10.2. The Labute approximate surface area is 198 Å². The number of halogens is 3. The molecule has 0 atom stereocenters. The summed E-state index contributed by atoms with van der Waals surface area (Å²) in [6.45, 7) is 1.14. The Hall–Kier alpha value is -1.84. The number of carbonyl (C=O) groups is 1. The summed E-state index contributed by atoms with van der Waals surface area (Å²) in [5.41, 5.74) is 5.34. The van der Waals surface area contributed by atoms with Crippen LogP contribution in [0, 0.1) is 5.92 Å². The first-order chi connectivity index (χ1) is 14.8. The van der Waals surface area contributed by atoms with E-state index < -0.39 is 5.91 Å². The smallest absolute Gasteiger partial charge is 0.278 e. The standard InChI is InChI=1S/C21H22BrCl2N5O2/c1-28(2)9-14-8-25-20-18(24)19(26-17-6-5-13(22)7-16(17)23)15(10-29(14)20)21(30)27-31-11-12-3-4-12/h5-8,10,12,26H,3-4,9,11H2,1-2H3,(H,27,30). The van der Waals surface area contributed by atoms with Crippen molar-refractivity contribution < 1.29 is 9.63 Å². The molecule has 0 spiro atoms. The number of aromatic nitrogens is 2. The van der Waals surface area contributed by atoms with Crippen LogP contribution in [0.15, 0.2) is 35.1 Å². The second-order valence-electron chi connectivity index (χ2n) is 7.85. The van der Waals surface area contributed by atoms with Gasteiger partial charge in [0.2, 0.25) is 0 Å². The van der Waals surface area contributed by atoms with Crippen LogP contribution in [0.5, 0.6) is 0 Å². The third kappa shape index (κ3) is 5.15. The number of pyridine rings is 1. The first kappa shape index (κ1) is 22.4. The molecule has 31 heavy (non-hydrogen) atoms. The van der Waals surface area contributed by atoms with Crippen LogP contribution < -0.4 is 10.8 Å². The van der Waals surface area contributed by atoms with Gasteiger partial charge in [-0.15, -0.1) is 0 Å². The molecule has 1 amide bonds. The third-order valence-corrected chi connectivity index (χ3v) is 6.08. The lowest BCUT2D eigenvalue weighted by molar-refractivity contribution is 0.0270. The average molecular weight is 527 g/mol. The van der Waals surface area contributed by atoms with Crippen LogP contribution in [0.2, 0.25) is 10.0 Å². The number of benzene rings is 1. The van der Waals surface area contributed by atoms with Crippen molar-refractivity contribution in [1.82, 2.24) is 19.8 Å². The van der Waals surface area contributed by atoms with Crippen LogP contribution in [-0.4, -0.2) is 40.9 Å². The summed E-state index contributed by atoms with van der Waals surface area (Å²) in [6, 6.07) is 5.42. The van der Waals surface area contributed by atoms with Crippen molar-refractivity contribution in [3.05, 3.63) is 56.4 Å². The van der Waals surface area contributed by atoms with Gasteiger partial charge in [-0.25, -0.2) is 10.5 Å². The van der Waals surface area contributed by atoms with E-state index in [0.29, 0.717) is 51.7 Å². The highest BCUT2D eigenvalue weighted by atomic mass is 79.9. The summed E-state index contributed by atoms with van der Waals surface area (Å²) in [7, 11) is 3.93. The maximum absolute atomic E-state index is 13.0. The molecule has 7 nitrogen and oxygen atoms in total. The fourth-order valence-corrected chi connectivity index (χ4v) is 4.16. The van der Waals surface area contributed by atoms with E-state index in [2.05, 4.69) is 31.7 Å². The average Bonchev–Trinajstić information content (AvgIpc) is 3.45. The maximum atomic E-state index is 13.0. The fraction of sp³-hybridized carbons (Fsp3) is 0.333. The number of rotatable bonds is 8. The van der Waals surface area contributed by atoms with Crippen LogP contribution in [0.25, 0.3) is 5.65 Å². The first-order valence-corrected chi connectivity index (χ1v) is 11.4. The van der Waals surface area contributed by atoms with E-state index in [1.807, 2.05) is 29.5 Å². The van der Waals surface area contributed by atoms with Gasteiger partial charge < -0.3 is 14.6 Å². The Kier molecular flexibility index (Phi) is 6.74. The summed E-state index contributed by atoms with van der Waals surface area (Å²) >= 11 is 16.5. The zero-order valence-corrected chi connectivity index (χ0v) is 20.2. The Morgan fingerprint density at radius 2 is 2.13 bits per heavy atom. The monoisotopic (exact) mass is 525 g/mol. The number of hydroxylamine groups is 1. The lowest BCUT2D eigenvalue weighted by Gasteiger charge is -2.17. The Morgan fingerprint density at radius 1 is 1.35 bits per heavy atom. The number of imidazole rings is 1. The van der Waals surface area contributed by atoms with Crippen molar-refractivity contribution in [3.8, 4) is 0 Å². The third-order valence-electron chi connectivity index (χ3n) is 4.91. The van der Waals surface area contributed by atoms with Crippen LogP contribution in [0.3, 0.4) is 0 Å². The Bertz CT molecular complexity index is 1130. The second kappa shape index (κ2) is 9.34. The minimum Gasteiger partial charge on any atom is -0.352 e. The molecule has 1 saturated carbocycles. The van der Waals surface area contributed by atoms with Crippen LogP contribution in [0.1, 0.15) is 28.9 Å². The van der Waals surface area contributed by atoms with Crippen molar-refractivity contribution in [3.63, 3.8) is 0 Å². The molecule has 1 aromatic carbocycles. The van der Waals surface area contributed by atoms with Gasteiger partial charge in [-0.2, -0.15) is 0 Å². The summed E-state index contributed by atoms with van der Waals surface area (Å²) < 4.78 is 2.67. The largest absolute Gasteiger partial charge is 0.352 e. The van der Waals surface area contributed by atoms with Gasteiger partial charge in [-0.05, 0) is 51.1 Å². The van der Waals surface area contributed by atoms with Gasteiger partial charge in [-0.1, -0.05) is 39.1 Å². The van der Waals surface area contributed by atoms with Crippen LogP contribution in [0.4, 0.5) is 11.4 Å². The van der Waals surface area contributed by atoms with Gasteiger partial charge in [0.1, 0.15) is 5.02 Å². The maximum Gasteiger partial charge on any atom is 0.278 e. The summed E-state index contributed by atoms with van der Waals surface area (Å²) in [6.07, 6.45) is 5.73. The number of amides is 1. The predicted molar refractivity (Wildman–Crippen MR) is 126 cm³/mol. The molecule has 0 saturated heterocycles. The van der Waals surface area contributed by atoms with Crippen LogP contribution >= 0.6 is 39.1 Å². The second-order valence-corrected chi connectivity index (χ2v) is 9.55. The molecule has 0 radical (unpaired) electrons. The molecule has 0 aliphatic heterocycles. The molecule has 4 rings (SSSR count). The number of hydrogen-bond donors (Lipinski definition) is 2. The minimum atomic E-state index is -0.398. The quantitative estimate of drug-likeness (QED) is 0.391. The van der Waals surface area contributed by atoms with Crippen molar-refractivity contribution in [2.75, 3.05) is 26.0 Å². The van der Waals surface area contributed by atoms with E-state index in [-0.39, 0.29) is 0 Å². The molecule has 10 heteroatoms. The van der Waals surface area contributed by atoms with E-state index in [9.17, 15) is 4.79 Å². The van der Waals surface area contributed by atoms with Gasteiger partial charge in [0, 0.05) is 17.2 Å². The summed E-state index contributed by atoms with van der Waals surface area (Å²) in [5.74, 6) is 0.121. The summed E-state index contributed by atoms with van der Waals surface area (Å²) in [4.78, 5) is 24.9. The number of nitrogens with zero attached hydrogens (tertiary/aromatic N) is 3. The Balaban J connectivity index is 1.75. The molecule has 164 valence electrons. The fourth-order valence-electron chi connectivity index (χ4n) is 3.15. The number of anilines is 2. The molecule has 0 bridgehead atoms. The predicted octanol–water partition coefficient (Wildman–Crippen LogP) is 5.28. The normalized spacial score (nSPS) is 13.7. The number of hydrogen-bond acceptors (Lipinski definition) is 5. The van der Waals surface area contributed by atoms with Gasteiger partial charge in [0.15, 0.2) is 5.65 Å². The zero-order valence-electron chi connectivity index (χ0n) is 17.1. The van der Waals surface area contributed by atoms with E-state index in [4.69, 9.17) is 28.0 Å². The van der Waals surface area contributed by atoms with Gasteiger partial charge in [0.25, 0.3) is 5.91 Å². The number of carbonyl (C=O) groups excluding carboxylic acids is 1. The Morgan fingerprint density at radius 3 is 2.81 bits per heavy atom. The lowest BCUT2D eigenvalue weighted by Crippen LogP contribution is -2.26. The molecule has 2 aromatic heterocycles. The van der Waals surface area contributed by atoms with Gasteiger partial charge >= 0.3 is 0 Å². The highest BCUT2D eigenvalue weighted by Crippen LogP contribution is 2.36. The van der Waals surface area contributed by atoms with Crippen LogP contribution in [-0.2, 0) is 11.4 Å². The number of nitrogens with one attached hydrogen (secondary N) is 2. The molecule has 2 heterocycles. The van der Waals surface area contributed by atoms with Gasteiger partial charge in [-0.3, -0.25) is 9.63 Å². The molecule has 1 aliphatic rings. The van der Waals surface area contributed by atoms with Crippen molar-refractivity contribution in [2.24, 2.45) is 5.92 Å². The van der Waals surface area contributed by atoms with E-state index >= 15 is 0 Å². The molecule has 1 fully saturated rings. The van der Waals surface area contributed by atoms with Crippen molar-refractivity contribution >= 4 is 62.1 Å². The molecular formula is C21H22BrCl2N5O2. The van der Waals surface area contributed by atoms with Gasteiger partial charge in [0.05, 0.1) is 40.5 Å².